The summed E-state index contributed by atoms with van der Waals surface area (Å²) in [6, 6.07) is 4.65. The summed E-state index contributed by atoms with van der Waals surface area (Å²) >= 11 is 0. The zero-order chi connectivity index (χ0) is 16.8. The molecule has 1 saturated carbocycles. The van der Waals surface area contributed by atoms with E-state index in [0.717, 1.165) is 6.42 Å². The molecule has 0 spiro atoms. The maximum atomic E-state index is 12.7. The molecule has 2 N–H and O–H groups in total. The zero-order valence-electron chi connectivity index (χ0n) is 13.2. The van der Waals surface area contributed by atoms with Gasteiger partial charge in [-0.1, -0.05) is 18.2 Å². The lowest BCUT2D eigenvalue weighted by Gasteiger charge is -2.25. The summed E-state index contributed by atoms with van der Waals surface area (Å²) in [6.07, 6.45) is 5.86. The molecule has 0 radical (unpaired) electrons. The number of amides is 4. The summed E-state index contributed by atoms with van der Waals surface area (Å²) in [5.41, 5.74) is 0. The highest BCUT2D eigenvalue weighted by Gasteiger charge is 2.60. The van der Waals surface area contributed by atoms with Crippen molar-refractivity contribution in [1.29, 1.82) is 0 Å². The van der Waals surface area contributed by atoms with Crippen molar-refractivity contribution in [3.05, 3.63) is 36.5 Å². The average Bonchev–Trinajstić information content (AvgIpc) is 3.22. The molecule has 0 unspecified atom stereocenters. The van der Waals surface area contributed by atoms with Crippen LogP contribution in [0.3, 0.4) is 0 Å². The number of carbonyl (C=O) groups excluding carboxylic acids is 3. The summed E-state index contributed by atoms with van der Waals surface area (Å²) in [4.78, 5) is 42.6. The van der Waals surface area contributed by atoms with Gasteiger partial charge in [0.05, 0.1) is 11.8 Å². The Morgan fingerprint density at radius 1 is 1.21 bits per heavy atom. The minimum Gasteiger partial charge on any atom is -0.317 e. The fraction of sp³-hybridized carbons (Fsp3) is 0.412. The highest BCUT2D eigenvalue weighted by molar-refractivity contribution is 6.07. The van der Waals surface area contributed by atoms with E-state index >= 15 is 0 Å². The van der Waals surface area contributed by atoms with Crippen LogP contribution in [0.25, 0.3) is 0 Å². The van der Waals surface area contributed by atoms with Gasteiger partial charge in [-0.05, 0) is 37.3 Å². The van der Waals surface area contributed by atoms with Crippen LogP contribution in [-0.4, -0.2) is 33.9 Å². The van der Waals surface area contributed by atoms with Gasteiger partial charge < -0.3 is 5.32 Å². The molecule has 4 rings (SSSR count). The van der Waals surface area contributed by atoms with E-state index in [2.05, 4.69) is 15.6 Å². The largest absolute Gasteiger partial charge is 0.322 e. The second kappa shape index (κ2) is 5.43. The first-order valence-corrected chi connectivity index (χ1v) is 8.10. The Bertz CT molecular complexity index is 703. The van der Waals surface area contributed by atoms with Gasteiger partial charge >= 0.3 is 6.03 Å². The van der Waals surface area contributed by atoms with Crippen molar-refractivity contribution in [2.45, 2.75) is 19.5 Å². The third-order valence-corrected chi connectivity index (χ3v) is 5.14. The van der Waals surface area contributed by atoms with Crippen molar-refractivity contribution in [2.24, 2.45) is 23.7 Å². The number of anilines is 1. The lowest BCUT2D eigenvalue weighted by atomic mass is 9.85. The molecule has 0 aromatic carbocycles. The third-order valence-electron chi connectivity index (χ3n) is 5.14. The summed E-state index contributed by atoms with van der Waals surface area (Å²) in [7, 11) is 0. The molecular weight excluding hydrogens is 308 g/mol. The van der Waals surface area contributed by atoms with Gasteiger partial charge in [0.25, 0.3) is 0 Å². The molecule has 1 saturated heterocycles. The maximum absolute atomic E-state index is 12.7. The molecule has 1 aromatic heterocycles. The number of imide groups is 1. The zero-order valence-corrected chi connectivity index (χ0v) is 13.2. The SMILES string of the molecule is C[C@H](NC(=O)Nc1ccccn1)N1C(=O)[C@H]2[C@H](C1=O)[C@H]1C=C[C@H]2C1. The minimum atomic E-state index is -0.696. The summed E-state index contributed by atoms with van der Waals surface area (Å²) in [5.74, 6) is -0.126. The minimum absolute atomic E-state index is 0.163. The van der Waals surface area contributed by atoms with E-state index in [0.29, 0.717) is 5.82 Å². The van der Waals surface area contributed by atoms with Crippen LogP contribution < -0.4 is 10.6 Å². The van der Waals surface area contributed by atoms with Crippen LogP contribution >= 0.6 is 0 Å². The number of fused-ring (bicyclic) bond motifs is 5. The van der Waals surface area contributed by atoms with Crippen LogP contribution in [0.2, 0.25) is 0 Å². The summed E-state index contributed by atoms with van der Waals surface area (Å²) in [5, 5.41) is 5.23. The fourth-order valence-electron chi connectivity index (χ4n) is 4.15. The van der Waals surface area contributed by atoms with E-state index in [-0.39, 0.29) is 35.5 Å². The Morgan fingerprint density at radius 2 is 1.88 bits per heavy atom. The second-order valence-electron chi connectivity index (χ2n) is 6.54. The number of allylic oxidation sites excluding steroid dienone is 2. The fourth-order valence-corrected chi connectivity index (χ4v) is 4.15. The average molecular weight is 326 g/mol. The molecule has 5 atom stereocenters. The van der Waals surface area contributed by atoms with Crippen molar-refractivity contribution in [3.63, 3.8) is 0 Å². The van der Waals surface area contributed by atoms with Crippen LogP contribution in [0.4, 0.5) is 10.6 Å². The number of hydrogen-bond donors (Lipinski definition) is 2. The van der Waals surface area contributed by atoms with E-state index in [9.17, 15) is 14.4 Å². The Kier molecular flexibility index (Phi) is 3.37. The molecular formula is C17H18N4O3. The quantitative estimate of drug-likeness (QED) is 0.648. The Labute approximate surface area is 139 Å². The molecule has 1 aromatic rings. The van der Waals surface area contributed by atoms with Gasteiger partial charge in [0.2, 0.25) is 11.8 Å². The molecule has 2 bridgehead atoms. The number of nitrogens with zero attached hydrogens (tertiary/aromatic N) is 2. The molecule has 7 nitrogen and oxygen atoms in total. The van der Waals surface area contributed by atoms with Crippen molar-refractivity contribution < 1.29 is 14.4 Å². The van der Waals surface area contributed by atoms with Gasteiger partial charge in [-0.15, -0.1) is 0 Å². The van der Waals surface area contributed by atoms with Gasteiger partial charge in [-0.25, -0.2) is 9.78 Å². The Morgan fingerprint density at radius 3 is 2.46 bits per heavy atom. The molecule has 1 aliphatic heterocycles. The molecule has 2 heterocycles. The van der Waals surface area contributed by atoms with Gasteiger partial charge in [-0.3, -0.25) is 19.8 Å². The number of urea groups is 1. The monoisotopic (exact) mass is 326 g/mol. The van der Waals surface area contributed by atoms with Crippen LogP contribution in [0, 0.1) is 23.7 Å². The number of pyridine rings is 1. The lowest BCUT2D eigenvalue weighted by molar-refractivity contribution is -0.143. The van der Waals surface area contributed by atoms with Gasteiger partial charge in [0.1, 0.15) is 12.0 Å². The van der Waals surface area contributed by atoms with Crippen molar-refractivity contribution >= 4 is 23.7 Å². The Balaban J connectivity index is 1.44. The predicted molar refractivity (Wildman–Crippen MR) is 85.4 cm³/mol. The van der Waals surface area contributed by atoms with Crippen LogP contribution in [-0.2, 0) is 9.59 Å². The van der Waals surface area contributed by atoms with Gasteiger partial charge in [0, 0.05) is 6.20 Å². The van der Waals surface area contributed by atoms with E-state index in [1.165, 1.54) is 4.90 Å². The Hall–Kier alpha value is -2.70. The number of rotatable bonds is 3. The van der Waals surface area contributed by atoms with Crippen LogP contribution in [0.15, 0.2) is 36.5 Å². The number of hydrogen-bond acceptors (Lipinski definition) is 4. The van der Waals surface area contributed by atoms with Crippen LogP contribution in [0.1, 0.15) is 13.3 Å². The summed E-state index contributed by atoms with van der Waals surface area (Å²) in [6.45, 7) is 1.64. The van der Waals surface area contributed by atoms with E-state index in [4.69, 9.17) is 0 Å². The second-order valence-corrected chi connectivity index (χ2v) is 6.54. The number of likely N-dealkylation sites (tertiary alicyclic amines) is 1. The standard InChI is InChI=1S/C17H18N4O3/c1-9(19-17(24)20-12-4-2-3-7-18-12)21-15(22)13-10-5-6-11(8-10)14(13)16(21)23/h2-7,9-11,13-14H,8H2,1H3,(H2,18,19,20,24)/t9-,10+,11+,13-,14-/m1/s1. The predicted octanol–water partition coefficient (Wildman–Crippen LogP) is 1.36. The molecule has 124 valence electrons. The van der Waals surface area contributed by atoms with E-state index in [1.807, 2.05) is 12.2 Å². The van der Waals surface area contributed by atoms with E-state index < -0.39 is 12.2 Å². The van der Waals surface area contributed by atoms with Crippen LogP contribution in [0.5, 0.6) is 0 Å². The number of aromatic nitrogens is 1. The smallest absolute Gasteiger partial charge is 0.317 e. The third kappa shape index (κ3) is 2.19. The van der Waals surface area contributed by atoms with E-state index in [1.54, 1.807) is 31.3 Å². The van der Waals surface area contributed by atoms with Crippen molar-refractivity contribution in [2.75, 3.05) is 5.32 Å². The highest BCUT2D eigenvalue weighted by Crippen LogP contribution is 2.52. The molecule has 4 amide bonds. The highest BCUT2D eigenvalue weighted by atomic mass is 16.2. The normalized spacial score (nSPS) is 31.3. The number of carbonyl (C=O) groups is 3. The first kappa shape index (κ1) is 14.9. The summed E-state index contributed by atoms with van der Waals surface area (Å²) < 4.78 is 0. The van der Waals surface area contributed by atoms with Gasteiger partial charge in [0.15, 0.2) is 0 Å². The molecule has 24 heavy (non-hydrogen) atoms. The number of nitrogens with one attached hydrogen (secondary N) is 2. The van der Waals surface area contributed by atoms with Crippen molar-refractivity contribution in [3.8, 4) is 0 Å². The first-order valence-electron chi connectivity index (χ1n) is 8.10. The molecule has 2 fully saturated rings. The lowest BCUT2D eigenvalue weighted by Crippen LogP contribution is -2.51. The topological polar surface area (TPSA) is 91.4 Å². The van der Waals surface area contributed by atoms with Crippen molar-refractivity contribution in [1.82, 2.24) is 15.2 Å². The van der Waals surface area contributed by atoms with Gasteiger partial charge in [-0.2, -0.15) is 0 Å². The molecule has 7 heteroatoms. The first-order chi connectivity index (χ1) is 11.6. The molecule has 2 aliphatic carbocycles. The molecule has 3 aliphatic rings. The maximum Gasteiger partial charge on any atom is 0.322 e.